The van der Waals surface area contributed by atoms with Gasteiger partial charge in [-0.25, -0.2) is 14.5 Å². The zero-order valence-electron chi connectivity index (χ0n) is 14.8. The predicted molar refractivity (Wildman–Crippen MR) is 93.9 cm³/mol. The van der Waals surface area contributed by atoms with Gasteiger partial charge in [-0.2, -0.15) is 5.26 Å². The Morgan fingerprint density at radius 3 is 2.04 bits per heavy atom. The maximum atomic E-state index is 12.4. The first-order chi connectivity index (χ1) is 10.7. The molecule has 0 aromatic rings. The van der Waals surface area contributed by atoms with Crippen molar-refractivity contribution in [2.75, 3.05) is 12.3 Å². The molecule has 1 aliphatic rings. The minimum absolute atomic E-state index is 0.0509. The van der Waals surface area contributed by atoms with Gasteiger partial charge in [-0.1, -0.05) is 11.6 Å². The standard InChI is InChI=1S/C16H23ClN2O4S/c1-14(2,3)22-12(20)19(13(21)23-15(4,5)6)8-11-7-16(17,9-18)10-24-11/h7H,8,10H2,1-6H3. The van der Waals surface area contributed by atoms with Gasteiger partial charge in [-0.3, -0.25) is 0 Å². The third-order valence-electron chi connectivity index (χ3n) is 2.58. The van der Waals surface area contributed by atoms with Crippen molar-refractivity contribution in [2.24, 2.45) is 0 Å². The highest BCUT2D eigenvalue weighted by Gasteiger charge is 2.36. The van der Waals surface area contributed by atoms with Gasteiger partial charge < -0.3 is 9.47 Å². The molecule has 0 fully saturated rings. The van der Waals surface area contributed by atoms with Gasteiger partial charge in [-0.05, 0) is 47.6 Å². The third kappa shape index (κ3) is 6.62. The van der Waals surface area contributed by atoms with Crippen LogP contribution in [0, 0.1) is 11.3 Å². The minimum atomic E-state index is -1.12. The molecule has 0 aliphatic carbocycles. The molecule has 1 heterocycles. The Kier molecular flexibility index (Phi) is 6.23. The Balaban J connectivity index is 2.98. The maximum absolute atomic E-state index is 12.4. The van der Waals surface area contributed by atoms with E-state index in [-0.39, 0.29) is 6.54 Å². The highest BCUT2D eigenvalue weighted by Crippen LogP contribution is 2.37. The Labute approximate surface area is 152 Å². The molecule has 0 aromatic carbocycles. The number of ether oxygens (including phenoxy) is 2. The lowest BCUT2D eigenvalue weighted by molar-refractivity contribution is 0.00358. The molecule has 6 nitrogen and oxygen atoms in total. The van der Waals surface area contributed by atoms with Crippen LogP contribution in [0.4, 0.5) is 9.59 Å². The van der Waals surface area contributed by atoms with Crippen molar-refractivity contribution in [1.82, 2.24) is 4.90 Å². The van der Waals surface area contributed by atoms with Gasteiger partial charge in [0, 0.05) is 10.7 Å². The van der Waals surface area contributed by atoms with Crippen molar-refractivity contribution < 1.29 is 19.1 Å². The number of nitriles is 1. The second-order valence-electron chi connectivity index (χ2n) is 7.42. The summed E-state index contributed by atoms with van der Waals surface area (Å²) in [6, 6.07) is 2.00. The summed E-state index contributed by atoms with van der Waals surface area (Å²) in [5.74, 6) is 0.358. The van der Waals surface area contributed by atoms with Crippen LogP contribution in [0.2, 0.25) is 0 Å². The van der Waals surface area contributed by atoms with Gasteiger partial charge in [0.05, 0.1) is 12.6 Å². The first-order valence-corrected chi connectivity index (χ1v) is 8.79. The molecular formula is C16H23ClN2O4S. The summed E-state index contributed by atoms with van der Waals surface area (Å²) >= 11 is 7.42. The minimum Gasteiger partial charge on any atom is -0.443 e. The van der Waals surface area contributed by atoms with Gasteiger partial charge in [0.1, 0.15) is 11.2 Å². The number of alkyl halides is 1. The summed E-state index contributed by atoms with van der Waals surface area (Å²) < 4.78 is 10.6. The van der Waals surface area contributed by atoms with Crippen LogP contribution in [0.5, 0.6) is 0 Å². The highest BCUT2D eigenvalue weighted by molar-refractivity contribution is 8.03. The molecule has 1 unspecified atom stereocenters. The molecule has 0 saturated carbocycles. The summed E-state index contributed by atoms with van der Waals surface area (Å²) in [5.41, 5.74) is -1.51. The second-order valence-corrected chi connectivity index (χ2v) is 9.20. The fraction of sp³-hybridized carbons (Fsp3) is 0.688. The molecule has 8 heteroatoms. The van der Waals surface area contributed by atoms with E-state index in [0.29, 0.717) is 10.7 Å². The lowest BCUT2D eigenvalue weighted by Crippen LogP contribution is -2.44. The van der Waals surface area contributed by atoms with Crippen LogP contribution in [0.3, 0.4) is 0 Å². The number of carbonyl (C=O) groups is 2. The molecule has 1 aliphatic heterocycles. The Morgan fingerprint density at radius 1 is 1.25 bits per heavy atom. The van der Waals surface area contributed by atoms with E-state index in [2.05, 4.69) is 0 Å². The fourth-order valence-corrected chi connectivity index (χ4v) is 3.09. The number of imide groups is 1. The largest absolute Gasteiger partial charge is 0.443 e. The second kappa shape index (κ2) is 7.24. The Bertz CT molecular complexity index is 558. The van der Waals surface area contributed by atoms with E-state index in [0.717, 1.165) is 4.90 Å². The molecule has 0 radical (unpaired) electrons. The van der Waals surface area contributed by atoms with E-state index in [4.69, 9.17) is 26.3 Å². The third-order valence-corrected chi connectivity index (χ3v) is 4.29. The number of halogens is 1. The predicted octanol–water partition coefficient (Wildman–Crippen LogP) is 4.29. The Morgan fingerprint density at radius 2 is 1.71 bits per heavy atom. The summed E-state index contributed by atoms with van der Waals surface area (Å²) in [6.45, 7) is 10.2. The summed E-state index contributed by atoms with van der Waals surface area (Å²) in [7, 11) is 0. The molecule has 0 aromatic heterocycles. The molecule has 24 heavy (non-hydrogen) atoms. The number of nitrogens with zero attached hydrogens (tertiary/aromatic N) is 2. The lowest BCUT2D eigenvalue weighted by atomic mass is 10.2. The van der Waals surface area contributed by atoms with Crippen LogP contribution in [0.1, 0.15) is 41.5 Å². The highest BCUT2D eigenvalue weighted by atomic mass is 35.5. The van der Waals surface area contributed by atoms with Crippen LogP contribution >= 0.6 is 23.4 Å². The summed E-state index contributed by atoms with van der Waals surface area (Å²) in [5, 5.41) is 9.06. The van der Waals surface area contributed by atoms with Gasteiger partial charge in [0.15, 0.2) is 4.87 Å². The van der Waals surface area contributed by atoms with E-state index in [9.17, 15) is 9.59 Å². The number of hydrogen-bond acceptors (Lipinski definition) is 6. The van der Waals surface area contributed by atoms with E-state index >= 15 is 0 Å². The van der Waals surface area contributed by atoms with Gasteiger partial charge >= 0.3 is 12.2 Å². The van der Waals surface area contributed by atoms with Crippen LogP contribution in [0.25, 0.3) is 0 Å². The van der Waals surface area contributed by atoms with Crippen LogP contribution in [0.15, 0.2) is 11.0 Å². The zero-order chi connectivity index (χ0) is 18.8. The van der Waals surface area contributed by atoms with Crippen molar-refractivity contribution in [3.05, 3.63) is 11.0 Å². The normalized spacial score (nSPS) is 20.8. The van der Waals surface area contributed by atoms with Crippen molar-refractivity contribution in [3.63, 3.8) is 0 Å². The molecule has 0 bridgehead atoms. The first kappa shape index (κ1) is 20.7. The van der Waals surface area contributed by atoms with Crippen LogP contribution in [-0.2, 0) is 9.47 Å². The lowest BCUT2D eigenvalue weighted by Gasteiger charge is -2.28. The fourth-order valence-electron chi connectivity index (χ4n) is 1.69. The summed E-state index contributed by atoms with van der Waals surface area (Å²) in [4.78, 5) is 25.2. The van der Waals surface area contributed by atoms with E-state index in [1.54, 1.807) is 47.6 Å². The number of hydrogen-bond donors (Lipinski definition) is 0. The number of rotatable bonds is 2. The monoisotopic (exact) mass is 374 g/mol. The van der Waals surface area contributed by atoms with Gasteiger partial charge in [0.25, 0.3) is 0 Å². The zero-order valence-corrected chi connectivity index (χ0v) is 16.4. The van der Waals surface area contributed by atoms with Crippen molar-refractivity contribution >= 4 is 35.5 Å². The molecule has 0 N–H and O–H groups in total. The van der Waals surface area contributed by atoms with Crippen molar-refractivity contribution in [1.29, 1.82) is 5.26 Å². The van der Waals surface area contributed by atoms with Gasteiger partial charge in [-0.15, -0.1) is 11.8 Å². The maximum Gasteiger partial charge on any atom is 0.420 e. The quantitative estimate of drug-likeness (QED) is 0.671. The van der Waals surface area contributed by atoms with Crippen molar-refractivity contribution in [3.8, 4) is 6.07 Å². The summed E-state index contributed by atoms with van der Waals surface area (Å²) in [6.07, 6.45) is -0.0504. The van der Waals surface area contributed by atoms with E-state index in [1.807, 2.05) is 6.07 Å². The average Bonchev–Trinajstić information content (AvgIpc) is 2.74. The molecule has 1 atom stereocenters. The smallest absolute Gasteiger partial charge is 0.420 e. The molecular weight excluding hydrogens is 352 g/mol. The van der Waals surface area contributed by atoms with Crippen molar-refractivity contribution in [2.45, 2.75) is 57.6 Å². The topological polar surface area (TPSA) is 79.6 Å². The number of thioether (sulfide) groups is 1. The molecule has 134 valence electrons. The number of allylic oxidation sites excluding steroid dienone is 1. The van der Waals surface area contributed by atoms with Crippen LogP contribution < -0.4 is 0 Å². The van der Waals surface area contributed by atoms with E-state index < -0.39 is 28.3 Å². The van der Waals surface area contributed by atoms with E-state index in [1.165, 1.54) is 11.8 Å². The molecule has 2 amide bonds. The number of carbonyl (C=O) groups excluding carboxylic acids is 2. The van der Waals surface area contributed by atoms with Crippen LogP contribution in [-0.4, -0.2) is 45.5 Å². The average molecular weight is 375 g/mol. The molecule has 0 spiro atoms. The Hall–Kier alpha value is -1.39. The van der Waals surface area contributed by atoms with Gasteiger partial charge in [0.2, 0.25) is 0 Å². The molecule has 0 saturated heterocycles. The molecule has 1 rings (SSSR count). The SMILES string of the molecule is CC(C)(C)OC(=O)N(CC1=CC(Cl)(C#N)CS1)C(=O)OC(C)(C)C. The number of amides is 2. The first-order valence-electron chi connectivity index (χ1n) is 7.43.